The third-order valence-corrected chi connectivity index (χ3v) is 14.7. The largest absolute Gasteiger partial charge is 0.457 e. The van der Waals surface area contributed by atoms with Crippen molar-refractivity contribution < 1.29 is 22.8 Å². The molecule has 46 heavy (non-hydrogen) atoms. The van der Waals surface area contributed by atoms with Gasteiger partial charge in [0.05, 0.1) is 11.7 Å². The summed E-state index contributed by atoms with van der Waals surface area (Å²) in [6.45, 7) is 4.43. The number of oxime groups is 1. The molecule has 0 radical (unpaired) electrons. The second kappa shape index (κ2) is 12.7. The van der Waals surface area contributed by atoms with Crippen LogP contribution in [0.15, 0.2) is 65.8 Å². The van der Waals surface area contributed by atoms with Gasteiger partial charge in [0.1, 0.15) is 6.10 Å². The molecule has 0 N–H and O–H groups in total. The fourth-order valence-electron chi connectivity index (χ4n) is 9.95. The van der Waals surface area contributed by atoms with Crippen molar-refractivity contribution in [2.75, 3.05) is 5.75 Å². The highest BCUT2D eigenvalue weighted by atomic mass is 32.2. The number of hydrogen-bond donors (Lipinski definition) is 0. The number of sulfonamides is 1. The highest BCUT2D eigenvalue weighted by Gasteiger charge is 2.67. The van der Waals surface area contributed by atoms with Gasteiger partial charge in [0.2, 0.25) is 10.0 Å². The Balaban J connectivity index is 1.17. The van der Waals surface area contributed by atoms with E-state index in [-0.39, 0.29) is 29.0 Å². The van der Waals surface area contributed by atoms with E-state index in [0.29, 0.717) is 12.3 Å². The summed E-state index contributed by atoms with van der Waals surface area (Å²) >= 11 is 0. The molecule has 2 aromatic carbocycles. The number of carbonyl (C=O) groups is 1. The number of fused-ring (bicyclic) bond motifs is 2. The van der Waals surface area contributed by atoms with Crippen molar-refractivity contribution in [1.29, 1.82) is 0 Å². The van der Waals surface area contributed by atoms with Crippen LogP contribution in [0.5, 0.6) is 0 Å². The Hall–Kier alpha value is -2.71. The monoisotopic (exact) mass is 646 g/mol. The normalized spacial score (nSPS) is 31.5. The number of nitrogens with zero attached hydrogens (tertiary/aromatic N) is 2. The van der Waals surface area contributed by atoms with Crippen LogP contribution < -0.4 is 0 Å². The van der Waals surface area contributed by atoms with Gasteiger partial charge in [-0.3, -0.25) is 0 Å². The fourth-order valence-corrected chi connectivity index (χ4v) is 12.8. The zero-order chi connectivity index (χ0) is 31.9. The third kappa shape index (κ3) is 5.61. The molecule has 4 saturated carbocycles. The van der Waals surface area contributed by atoms with Crippen molar-refractivity contribution >= 4 is 21.7 Å². The smallest absolute Gasteiger partial charge is 0.357 e. The average Bonchev–Trinajstić information content (AvgIpc) is 3.67. The maximum atomic E-state index is 14.8. The van der Waals surface area contributed by atoms with E-state index in [1.165, 1.54) is 12.8 Å². The first-order valence-corrected chi connectivity index (χ1v) is 19.4. The predicted molar refractivity (Wildman–Crippen MR) is 180 cm³/mol. The van der Waals surface area contributed by atoms with E-state index in [1.807, 2.05) is 65.0 Å². The van der Waals surface area contributed by atoms with Crippen molar-refractivity contribution in [3.05, 3.63) is 71.8 Å². The lowest BCUT2D eigenvalue weighted by molar-refractivity contribution is -0.148. The molecule has 1 aliphatic heterocycles. The molecule has 2 bridgehead atoms. The van der Waals surface area contributed by atoms with Crippen molar-refractivity contribution in [2.24, 2.45) is 21.9 Å². The molecule has 4 fully saturated rings. The quantitative estimate of drug-likeness (QED) is 0.258. The Kier molecular flexibility index (Phi) is 8.81. The van der Waals surface area contributed by atoms with Gasteiger partial charge in [0.25, 0.3) is 0 Å². The summed E-state index contributed by atoms with van der Waals surface area (Å²) in [4.78, 5) is 20.2. The summed E-state index contributed by atoms with van der Waals surface area (Å²) in [5.74, 6) is -0.557. The molecule has 0 amide bonds. The van der Waals surface area contributed by atoms with Gasteiger partial charge in [-0.2, -0.15) is 4.31 Å². The van der Waals surface area contributed by atoms with Crippen LogP contribution in [0.3, 0.4) is 0 Å². The molecule has 0 saturated heterocycles. The number of benzene rings is 2. The van der Waals surface area contributed by atoms with E-state index < -0.39 is 39.5 Å². The van der Waals surface area contributed by atoms with Crippen LogP contribution in [0.2, 0.25) is 0 Å². The number of ether oxygens (including phenoxy) is 1. The molecule has 1 heterocycles. The molecule has 7 nitrogen and oxygen atoms in total. The Morgan fingerprint density at radius 2 is 1.41 bits per heavy atom. The van der Waals surface area contributed by atoms with Crippen LogP contribution in [-0.4, -0.2) is 48.3 Å². The standard InChI is InChI=1S/C38H50N2O5S/c1-37(2)29-23-24-38(37,26-46(42,43)40(30-19-11-5-12-20-30)31-21-13-6-14-22-31)32(25-29)44-36(41)34-33(27-15-7-3-8-16-27)35(45-39-34)28-17-9-4-10-18-28/h3-4,7-10,15-18,29-33,35H,5-6,11-14,19-26H2,1-2H3/t29-,32-,33+,35-,38-/m1/s1. The molecular weight excluding hydrogens is 596 g/mol. The lowest BCUT2D eigenvalue weighted by Gasteiger charge is -2.46. The van der Waals surface area contributed by atoms with Crippen LogP contribution >= 0.6 is 0 Å². The van der Waals surface area contributed by atoms with E-state index in [9.17, 15) is 13.2 Å². The lowest BCUT2D eigenvalue weighted by atomic mass is 9.69. The number of hydrogen-bond acceptors (Lipinski definition) is 6. The lowest BCUT2D eigenvalue weighted by Crippen LogP contribution is -2.55. The third-order valence-electron chi connectivity index (χ3n) is 12.6. The van der Waals surface area contributed by atoms with E-state index >= 15 is 0 Å². The zero-order valence-corrected chi connectivity index (χ0v) is 28.3. The summed E-state index contributed by atoms with van der Waals surface area (Å²) in [6, 6.07) is 19.9. The van der Waals surface area contributed by atoms with Gasteiger partial charge in [-0.1, -0.05) is 118 Å². The Labute approximate surface area is 275 Å². The van der Waals surface area contributed by atoms with Gasteiger partial charge >= 0.3 is 5.97 Å². The van der Waals surface area contributed by atoms with Gasteiger partial charge in [-0.05, 0) is 67.4 Å². The van der Waals surface area contributed by atoms with Crippen molar-refractivity contribution in [3.63, 3.8) is 0 Å². The first kappa shape index (κ1) is 31.9. The molecule has 248 valence electrons. The Bertz CT molecular complexity index is 1500. The first-order chi connectivity index (χ1) is 22.2. The van der Waals surface area contributed by atoms with Crippen LogP contribution in [0, 0.1) is 16.7 Å². The summed E-state index contributed by atoms with van der Waals surface area (Å²) in [5.41, 5.74) is 1.22. The van der Waals surface area contributed by atoms with Crippen LogP contribution in [0.4, 0.5) is 0 Å². The molecule has 0 aromatic heterocycles. The van der Waals surface area contributed by atoms with Gasteiger partial charge in [0.15, 0.2) is 11.8 Å². The van der Waals surface area contributed by atoms with Crippen molar-refractivity contribution in [2.45, 2.75) is 128 Å². The summed E-state index contributed by atoms with van der Waals surface area (Å²) in [6.07, 6.45) is 12.1. The topological polar surface area (TPSA) is 85.3 Å². The average molecular weight is 647 g/mol. The van der Waals surface area contributed by atoms with E-state index in [0.717, 1.165) is 75.3 Å². The Morgan fingerprint density at radius 3 is 1.98 bits per heavy atom. The van der Waals surface area contributed by atoms with E-state index in [4.69, 9.17) is 9.57 Å². The van der Waals surface area contributed by atoms with Gasteiger partial charge in [0, 0.05) is 17.5 Å². The number of carbonyl (C=O) groups excluding carboxylic acids is 1. The molecule has 2 aromatic rings. The molecule has 0 spiro atoms. The van der Waals surface area contributed by atoms with E-state index in [1.54, 1.807) is 0 Å². The van der Waals surface area contributed by atoms with Gasteiger partial charge in [-0.15, -0.1) is 0 Å². The summed E-state index contributed by atoms with van der Waals surface area (Å²) in [7, 11) is -3.62. The Morgan fingerprint density at radius 1 is 0.848 bits per heavy atom. The van der Waals surface area contributed by atoms with E-state index in [2.05, 4.69) is 19.0 Å². The highest BCUT2D eigenvalue weighted by molar-refractivity contribution is 7.89. The predicted octanol–water partition coefficient (Wildman–Crippen LogP) is 7.93. The van der Waals surface area contributed by atoms with Crippen LogP contribution in [-0.2, 0) is 24.4 Å². The second-order valence-corrected chi connectivity index (χ2v) is 17.1. The maximum Gasteiger partial charge on any atom is 0.357 e. The molecule has 0 unspecified atom stereocenters. The summed E-state index contributed by atoms with van der Waals surface area (Å²) in [5, 5.41) is 4.36. The highest BCUT2D eigenvalue weighted by Crippen LogP contribution is 2.67. The van der Waals surface area contributed by atoms with Gasteiger partial charge in [-0.25, -0.2) is 13.2 Å². The van der Waals surface area contributed by atoms with Crippen LogP contribution in [0.25, 0.3) is 0 Å². The molecule has 5 aliphatic rings. The SMILES string of the molecule is CC1(C)[C@@H]2CC[C@@]1(CS(=O)(=O)N(C1CCCCC1)C1CCCCC1)[C@H](OC(=O)C1=NO[C@H](c3ccccc3)[C@H]1c1ccccc1)C2. The minimum atomic E-state index is -3.62. The molecule has 5 atom stereocenters. The molecule has 8 heteroatoms. The minimum absolute atomic E-state index is 0.0478. The maximum absolute atomic E-state index is 14.8. The fraction of sp³-hybridized carbons (Fsp3) is 0.632. The molecular formula is C38H50N2O5S. The van der Waals surface area contributed by atoms with Crippen molar-refractivity contribution in [3.8, 4) is 0 Å². The summed E-state index contributed by atoms with van der Waals surface area (Å²) < 4.78 is 38.1. The minimum Gasteiger partial charge on any atom is -0.457 e. The number of rotatable bonds is 9. The number of esters is 1. The van der Waals surface area contributed by atoms with Gasteiger partial charge < -0.3 is 9.57 Å². The molecule has 7 rings (SSSR count). The second-order valence-electron chi connectivity index (χ2n) is 15.2. The van der Waals surface area contributed by atoms with Crippen molar-refractivity contribution in [1.82, 2.24) is 4.31 Å². The zero-order valence-electron chi connectivity index (χ0n) is 27.5. The van der Waals surface area contributed by atoms with Crippen LogP contribution in [0.1, 0.15) is 120 Å². The first-order valence-electron chi connectivity index (χ1n) is 17.8. The molecule has 4 aliphatic carbocycles.